The maximum atomic E-state index is 12.9. The fourth-order valence-electron chi connectivity index (χ4n) is 3.91. The lowest BCUT2D eigenvalue weighted by atomic mass is 9.98. The zero-order valence-corrected chi connectivity index (χ0v) is 16.7. The molecule has 2 aromatic carbocycles. The van der Waals surface area contributed by atoms with E-state index in [1.807, 2.05) is 62.4 Å². The van der Waals surface area contributed by atoms with Gasteiger partial charge in [0.25, 0.3) is 0 Å². The number of carbonyl (C=O) groups is 1. The Morgan fingerprint density at radius 3 is 2.62 bits per heavy atom. The Labute approximate surface area is 170 Å². The van der Waals surface area contributed by atoms with Crippen LogP contribution in [0.3, 0.4) is 0 Å². The summed E-state index contributed by atoms with van der Waals surface area (Å²) < 4.78 is 1.74. The van der Waals surface area contributed by atoms with E-state index in [9.17, 15) is 9.90 Å². The van der Waals surface area contributed by atoms with Gasteiger partial charge in [-0.2, -0.15) is 5.10 Å². The highest BCUT2D eigenvalue weighted by atomic mass is 16.3. The highest BCUT2D eigenvalue weighted by Gasteiger charge is 2.28. The molecule has 150 valence electrons. The molecule has 0 saturated heterocycles. The summed E-state index contributed by atoms with van der Waals surface area (Å²) in [4.78, 5) is 12.9. The van der Waals surface area contributed by atoms with Gasteiger partial charge in [0, 0.05) is 5.56 Å². The van der Waals surface area contributed by atoms with Crippen molar-refractivity contribution in [1.82, 2.24) is 15.1 Å². The van der Waals surface area contributed by atoms with Gasteiger partial charge in [-0.15, -0.1) is 0 Å². The van der Waals surface area contributed by atoms with E-state index in [1.54, 1.807) is 4.68 Å². The van der Waals surface area contributed by atoms with E-state index in [4.69, 9.17) is 0 Å². The maximum absolute atomic E-state index is 12.9. The van der Waals surface area contributed by atoms with Gasteiger partial charge in [-0.05, 0) is 56.4 Å². The van der Waals surface area contributed by atoms with Crippen LogP contribution in [0.5, 0.6) is 0 Å². The lowest BCUT2D eigenvalue weighted by Crippen LogP contribution is -2.39. The second-order valence-electron chi connectivity index (χ2n) is 7.54. The fraction of sp³-hybridized carbons (Fsp3) is 0.304. The number of aromatic nitrogens is 2. The molecule has 2 atom stereocenters. The molecule has 2 amide bonds. The van der Waals surface area contributed by atoms with Crippen molar-refractivity contribution in [3.8, 4) is 5.69 Å². The number of rotatable bonds is 3. The Morgan fingerprint density at radius 1 is 1.10 bits per heavy atom. The first-order chi connectivity index (χ1) is 14.0. The van der Waals surface area contributed by atoms with Gasteiger partial charge in [0.15, 0.2) is 0 Å². The lowest BCUT2D eigenvalue weighted by molar-refractivity contribution is 0.123. The van der Waals surface area contributed by atoms with E-state index in [-0.39, 0.29) is 6.03 Å². The van der Waals surface area contributed by atoms with Gasteiger partial charge >= 0.3 is 6.03 Å². The van der Waals surface area contributed by atoms with Crippen molar-refractivity contribution in [3.63, 3.8) is 0 Å². The molecule has 1 aliphatic carbocycles. The molecule has 0 aliphatic heterocycles. The molecule has 3 aromatic rings. The summed E-state index contributed by atoms with van der Waals surface area (Å²) in [7, 11) is 0. The van der Waals surface area contributed by atoms with Crippen LogP contribution < -0.4 is 10.6 Å². The summed E-state index contributed by atoms with van der Waals surface area (Å²) in [6, 6.07) is 16.9. The topological polar surface area (TPSA) is 79.2 Å². The summed E-state index contributed by atoms with van der Waals surface area (Å²) in [6.45, 7) is 3.86. The number of aliphatic hydroxyl groups excluding tert-OH is 1. The van der Waals surface area contributed by atoms with E-state index < -0.39 is 12.1 Å². The molecule has 0 bridgehead atoms. The summed E-state index contributed by atoms with van der Waals surface area (Å²) in [5.41, 5.74) is 4.79. The van der Waals surface area contributed by atoms with Crippen LogP contribution in [0.4, 0.5) is 10.6 Å². The Bertz CT molecular complexity index is 1010. The third kappa shape index (κ3) is 3.89. The number of nitrogens with one attached hydrogen (secondary N) is 2. The van der Waals surface area contributed by atoms with E-state index in [2.05, 4.69) is 21.8 Å². The van der Waals surface area contributed by atoms with Crippen molar-refractivity contribution >= 4 is 11.8 Å². The molecular formula is C23H26N4O2. The van der Waals surface area contributed by atoms with Gasteiger partial charge in [-0.1, -0.05) is 42.5 Å². The number of carbonyl (C=O) groups excluding carboxylic acids is 1. The predicted molar refractivity (Wildman–Crippen MR) is 113 cm³/mol. The van der Waals surface area contributed by atoms with Crippen LogP contribution in [-0.4, -0.2) is 27.0 Å². The van der Waals surface area contributed by atoms with Gasteiger partial charge in [-0.25, -0.2) is 9.48 Å². The fourth-order valence-corrected chi connectivity index (χ4v) is 3.91. The molecule has 0 saturated carbocycles. The van der Waals surface area contributed by atoms with Gasteiger partial charge in [0.2, 0.25) is 0 Å². The van der Waals surface area contributed by atoms with E-state index in [0.717, 1.165) is 35.3 Å². The molecule has 3 N–H and O–H groups in total. The van der Waals surface area contributed by atoms with E-state index >= 15 is 0 Å². The Hall–Kier alpha value is -3.12. The number of aliphatic hydroxyl groups is 1. The Morgan fingerprint density at radius 2 is 1.83 bits per heavy atom. The number of hydrogen-bond acceptors (Lipinski definition) is 3. The minimum Gasteiger partial charge on any atom is -0.391 e. The van der Waals surface area contributed by atoms with Gasteiger partial charge < -0.3 is 10.4 Å². The minimum atomic E-state index is -0.619. The second kappa shape index (κ2) is 8.09. The highest BCUT2D eigenvalue weighted by molar-refractivity contribution is 5.90. The zero-order valence-electron chi connectivity index (χ0n) is 16.7. The number of urea groups is 1. The summed E-state index contributed by atoms with van der Waals surface area (Å²) >= 11 is 0. The van der Waals surface area contributed by atoms with Crippen LogP contribution in [0.2, 0.25) is 0 Å². The number of anilines is 1. The number of amides is 2. The van der Waals surface area contributed by atoms with Crippen LogP contribution in [0.15, 0.2) is 54.6 Å². The average Bonchev–Trinajstić information content (AvgIpc) is 2.91. The van der Waals surface area contributed by atoms with Crippen molar-refractivity contribution in [3.05, 3.63) is 77.0 Å². The molecule has 0 radical (unpaired) electrons. The third-order valence-corrected chi connectivity index (χ3v) is 5.60. The van der Waals surface area contributed by atoms with Crippen LogP contribution in [0.1, 0.15) is 41.3 Å². The zero-order chi connectivity index (χ0) is 20.4. The van der Waals surface area contributed by atoms with Crippen molar-refractivity contribution in [2.45, 2.75) is 45.3 Å². The number of benzene rings is 2. The quantitative estimate of drug-likeness (QED) is 0.590. The van der Waals surface area contributed by atoms with Crippen LogP contribution in [0, 0.1) is 13.8 Å². The third-order valence-electron chi connectivity index (χ3n) is 5.60. The van der Waals surface area contributed by atoms with Crippen molar-refractivity contribution < 1.29 is 9.90 Å². The average molecular weight is 390 g/mol. The standard InChI is InChI=1S/C23H26N4O2/c1-15-16(2)26-27(18-11-4-3-5-12-18)22(15)25-23(29)24-21-19-13-7-6-9-17(19)10-8-14-20(21)28/h3-7,9,11-13,20-21,28H,8,10,14H2,1-2H3,(H2,24,25,29)/t20-,21-/m0/s1. The molecule has 1 heterocycles. The van der Waals surface area contributed by atoms with Gasteiger partial charge in [-0.3, -0.25) is 5.32 Å². The van der Waals surface area contributed by atoms with Crippen molar-refractivity contribution in [2.75, 3.05) is 5.32 Å². The molecular weight excluding hydrogens is 364 g/mol. The maximum Gasteiger partial charge on any atom is 0.320 e. The number of hydrogen-bond donors (Lipinski definition) is 3. The Balaban J connectivity index is 1.60. The molecule has 6 nitrogen and oxygen atoms in total. The smallest absolute Gasteiger partial charge is 0.320 e. The summed E-state index contributed by atoms with van der Waals surface area (Å²) in [5, 5.41) is 21.2. The predicted octanol–water partition coefficient (Wildman–Crippen LogP) is 4.05. The normalized spacial score (nSPS) is 18.6. The number of nitrogens with zero attached hydrogens (tertiary/aromatic N) is 2. The van der Waals surface area contributed by atoms with Crippen molar-refractivity contribution in [1.29, 1.82) is 0 Å². The van der Waals surface area contributed by atoms with E-state index in [0.29, 0.717) is 12.2 Å². The number of aryl methyl sites for hydroxylation is 2. The Kier molecular flexibility index (Phi) is 5.36. The minimum absolute atomic E-state index is 0.356. The van der Waals surface area contributed by atoms with Crippen LogP contribution in [-0.2, 0) is 6.42 Å². The first-order valence-electron chi connectivity index (χ1n) is 9.99. The molecule has 1 aliphatic rings. The molecule has 6 heteroatoms. The van der Waals surface area contributed by atoms with Crippen molar-refractivity contribution in [2.24, 2.45) is 0 Å². The van der Waals surface area contributed by atoms with Crippen LogP contribution >= 0.6 is 0 Å². The molecule has 0 unspecified atom stereocenters. The molecule has 4 rings (SSSR count). The van der Waals surface area contributed by atoms with Gasteiger partial charge in [0.05, 0.1) is 23.5 Å². The SMILES string of the molecule is Cc1nn(-c2ccccc2)c(NC(=O)N[C@H]2c3ccccc3CCC[C@@H]2O)c1C. The molecule has 0 fully saturated rings. The summed E-state index contributed by atoms with van der Waals surface area (Å²) in [6.07, 6.45) is 1.84. The molecule has 0 spiro atoms. The highest BCUT2D eigenvalue weighted by Crippen LogP contribution is 2.29. The lowest BCUT2D eigenvalue weighted by Gasteiger charge is -2.24. The molecule has 1 aromatic heterocycles. The first-order valence-corrected chi connectivity index (χ1v) is 9.99. The monoisotopic (exact) mass is 390 g/mol. The molecule has 29 heavy (non-hydrogen) atoms. The number of para-hydroxylation sites is 1. The summed E-state index contributed by atoms with van der Waals surface area (Å²) in [5.74, 6) is 0.627. The number of fused-ring (bicyclic) bond motifs is 1. The van der Waals surface area contributed by atoms with E-state index in [1.165, 1.54) is 5.56 Å². The first kappa shape index (κ1) is 19.2. The largest absolute Gasteiger partial charge is 0.391 e. The van der Waals surface area contributed by atoms with Gasteiger partial charge in [0.1, 0.15) is 5.82 Å². The van der Waals surface area contributed by atoms with Crippen LogP contribution in [0.25, 0.3) is 5.69 Å². The second-order valence-corrected chi connectivity index (χ2v) is 7.54.